The van der Waals surface area contributed by atoms with Gasteiger partial charge in [0.05, 0.1) is 47.3 Å². The van der Waals surface area contributed by atoms with Crippen LogP contribution in [0.25, 0.3) is 0 Å². The highest BCUT2D eigenvalue weighted by molar-refractivity contribution is 7.86. The number of pyridine rings is 1. The highest BCUT2D eigenvalue weighted by Crippen LogP contribution is 2.38. The summed E-state index contributed by atoms with van der Waals surface area (Å²) in [5, 5.41) is 18.0. The molecule has 2 heterocycles. The van der Waals surface area contributed by atoms with Crippen LogP contribution in [-0.4, -0.2) is 69.5 Å². The lowest BCUT2D eigenvalue weighted by Crippen LogP contribution is -2.35. The molecule has 0 amide bonds. The zero-order valence-electron chi connectivity index (χ0n) is 22.0. The minimum Gasteiger partial charge on any atom is -0.504 e. The van der Waals surface area contributed by atoms with Crippen molar-refractivity contribution >= 4 is 22.6 Å². The number of nitriles is 1. The SMILES string of the molecule is CCOC(=O)C(CN)S(=O)c1ccc(Oc2c(F)cnc(Oc3cc(C#N)ccc3O)c2F)c(C2=NCCN2C)c1. The average molecular weight is 586 g/mol. The van der Waals surface area contributed by atoms with Gasteiger partial charge in [-0.3, -0.25) is 14.0 Å². The smallest absolute Gasteiger partial charge is 0.323 e. The molecule has 0 spiro atoms. The minimum absolute atomic E-state index is 0.0389. The number of phenolic OH excluding ortho intramolecular Hbond substituents is 1. The number of likely N-dealkylation sites (N-methyl/N-ethyl adjacent to an activating group) is 1. The summed E-state index contributed by atoms with van der Waals surface area (Å²) in [5.74, 6) is -5.09. The highest BCUT2D eigenvalue weighted by Gasteiger charge is 2.29. The van der Waals surface area contributed by atoms with Crippen molar-refractivity contribution in [2.75, 3.05) is 33.3 Å². The van der Waals surface area contributed by atoms with E-state index in [2.05, 4.69) is 9.98 Å². The van der Waals surface area contributed by atoms with Gasteiger partial charge >= 0.3 is 5.97 Å². The summed E-state index contributed by atoms with van der Waals surface area (Å²) in [4.78, 5) is 22.3. The number of rotatable bonds is 10. The van der Waals surface area contributed by atoms with Crippen LogP contribution in [0.4, 0.5) is 8.78 Å². The van der Waals surface area contributed by atoms with Gasteiger partial charge in [-0.05, 0) is 37.3 Å². The van der Waals surface area contributed by atoms with E-state index >= 15 is 4.39 Å². The van der Waals surface area contributed by atoms with Crippen molar-refractivity contribution in [1.29, 1.82) is 5.26 Å². The van der Waals surface area contributed by atoms with Crippen LogP contribution in [0.3, 0.4) is 0 Å². The summed E-state index contributed by atoms with van der Waals surface area (Å²) in [7, 11) is -0.171. The molecule has 0 radical (unpaired) electrons. The number of carbonyl (C=O) groups excluding carboxylic acids is 1. The fourth-order valence-electron chi connectivity index (χ4n) is 3.87. The van der Waals surface area contributed by atoms with E-state index in [1.165, 1.54) is 30.3 Å². The van der Waals surface area contributed by atoms with E-state index in [1.54, 1.807) is 18.9 Å². The number of hydrogen-bond donors (Lipinski definition) is 2. The van der Waals surface area contributed by atoms with Gasteiger partial charge < -0.3 is 30.0 Å². The molecule has 214 valence electrons. The van der Waals surface area contributed by atoms with E-state index in [1.807, 2.05) is 6.07 Å². The van der Waals surface area contributed by atoms with Gasteiger partial charge in [0.25, 0.3) is 5.88 Å². The molecule has 2 unspecified atom stereocenters. The predicted molar refractivity (Wildman–Crippen MR) is 143 cm³/mol. The molecule has 41 heavy (non-hydrogen) atoms. The summed E-state index contributed by atoms with van der Waals surface area (Å²) in [6, 6.07) is 9.71. The van der Waals surface area contributed by atoms with Crippen LogP contribution in [0.2, 0.25) is 0 Å². The number of phenols is 1. The fraction of sp³-hybridized carbons (Fsp3) is 0.259. The molecule has 0 saturated carbocycles. The average Bonchev–Trinajstić information content (AvgIpc) is 3.39. The molecule has 2 atom stereocenters. The topological polar surface area (TPSA) is 160 Å². The van der Waals surface area contributed by atoms with Gasteiger partial charge in [-0.25, -0.2) is 9.37 Å². The summed E-state index contributed by atoms with van der Waals surface area (Å²) in [5.41, 5.74) is 6.08. The van der Waals surface area contributed by atoms with Crippen LogP contribution in [0.15, 0.2) is 52.5 Å². The zero-order valence-corrected chi connectivity index (χ0v) is 22.8. The number of halogens is 2. The van der Waals surface area contributed by atoms with Crippen LogP contribution in [0, 0.1) is 23.0 Å². The number of nitrogens with two attached hydrogens (primary N) is 1. The third-order valence-electron chi connectivity index (χ3n) is 5.91. The Bertz CT molecular complexity index is 1580. The molecule has 2 aromatic carbocycles. The number of esters is 1. The monoisotopic (exact) mass is 585 g/mol. The van der Waals surface area contributed by atoms with Crippen LogP contribution in [-0.2, 0) is 20.3 Å². The highest BCUT2D eigenvalue weighted by atomic mass is 32.2. The second-order valence-electron chi connectivity index (χ2n) is 8.61. The number of benzene rings is 2. The number of carbonyl (C=O) groups is 1. The van der Waals surface area contributed by atoms with Crippen molar-refractivity contribution in [1.82, 2.24) is 9.88 Å². The fourth-order valence-corrected chi connectivity index (χ4v) is 5.05. The third kappa shape index (κ3) is 6.26. The maximum absolute atomic E-state index is 15.5. The predicted octanol–water partition coefficient (Wildman–Crippen LogP) is 3.21. The molecule has 3 aromatic rings. The van der Waals surface area contributed by atoms with Crippen molar-refractivity contribution < 1.29 is 37.1 Å². The summed E-state index contributed by atoms with van der Waals surface area (Å²) >= 11 is 0. The number of aromatic nitrogens is 1. The number of aliphatic imine (C=N–C) groups is 1. The Hall–Kier alpha value is -4.61. The molecule has 3 N–H and O–H groups in total. The van der Waals surface area contributed by atoms with E-state index in [0.29, 0.717) is 25.1 Å². The van der Waals surface area contributed by atoms with Crippen LogP contribution in [0.5, 0.6) is 28.9 Å². The van der Waals surface area contributed by atoms with Gasteiger partial charge in [0, 0.05) is 31.1 Å². The lowest BCUT2D eigenvalue weighted by Gasteiger charge is -2.20. The Morgan fingerprint density at radius 2 is 2.02 bits per heavy atom. The standard InChI is InChI=1S/C27H25F2N5O6S/c1-3-38-27(36)22(13-31)41(37)16-5-7-20(17(11-16)25-32-8-9-34(25)2)39-24-18(28)14-33-26(23(24)29)40-21-10-15(12-30)4-6-19(21)35/h4-7,10-11,14,22,35H,3,8-9,13,31H2,1-2H3. The lowest BCUT2D eigenvalue weighted by atomic mass is 10.1. The first kappa shape index (κ1) is 29.4. The summed E-state index contributed by atoms with van der Waals surface area (Å²) in [6.07, 6.45) is 0.673. The minimum atomic E-state index is -1.92. The van der Waals surface area contributed by atoms with E-state index < -0.39 is 51.0 Å². The molecular formula is C27H25F2N5O6S. The van der Waals surface area contributed by atoms with Crippen molar-refractivity contribution in [3.05, 3.63) is 65.4 Å². The first-order valence-corrected chi connectivity index (χ1v) is 13.5. The van der Waals surface area contributed by atoms with Crippen molar-refractivity contribution in [3.63, 3.8) is 0 Å². The molecule has 1 aromatic heterocycles. The Labute approximate surface area is 236 Å². The maximum atomic E-state index is 15.5. The number of ether oxygens (including phenoxy) is 3. The van der Waals surface area contributed by atoms with Crippen molar-refractivity contribution in [3.8, 4) is 34.9 Å². The molecule has 0 aliphatic carbocycles. The first-order valence-electron chi connectivity index (χ1n) is 12.3. The van der Waals surface area contributed by atoms with Crippen molar-refractivity contribution in [2.24, 2.45) is 10.7 Å². The molecule has 0 fully saturated rings. The van der Waals surface area contributed by atoms with Crippen LogP contribution < -0.4 is 15.2 Å². The van der Waals surface area contributed by atoms with Gasteiger partial charge in [-0.1, -0.05) is 0 Å². The molecular weight excluding hydrogens is 560 g/mol. The Morgan fingerprint density at radius 1 is 1.24 bits per heavy atom. The number of nitrogens with zero attached hydrogens (tertiary/aromatic N) is 4. The Kier molecular flexibility index (Phi) is 9.10. The normalized spacial score (nSPS) is 14.1. The summed E-state index contributed by atoms with van der Waals surface area (Å²) < 4.78 is 59.6. The van der Waals surface area contributed by atoms with E-state index in [-0.39, 0.29) is 40.7 Å². The molecule has 1 aliphatic rings. The molecule has 0 saturated heterocycles. The Morgan fingerprint density at radius 3 is 2.68 bits per heavy atom. The van der Waals surface area contributed by atoms with E-state index in [0.717, 1.165) is 6.07 Å². The van der Waals surface area contributed by atoms with Gasteiger partial charge in [0.1, 0.15) is 16.8 Å². The largest absolute Gasteiger partial charge is 0.504 e. The number of hydrogen-bond acceptors (Lipinski definition) is 11. The lowest BCUT2D eigenvalue weighted by molar-refractivity contribution is -0.142. The van der Waals surface area contributed by atoms with E-state index in [9.17, 15) is 18.5 Å². The van der Waals surface area contributed by atoms with E-state index in [4.69, 9.17) is 25.2 Å². The van der Waals surface area contributed by atoms with Gasteiger partial charge in [0.2, 0.25) is 11.6 Å². The quantitative estimate of drug-likeness (QED) is 0.338. The molecule has 11 nitrogen and oxygen atoms in total. The molecule has 14 heteroatoms. The van der Waals surface area contributed by atoms with Gasteiger partial charge in [-0.2, -0.15) is 9.65 Å². The third-order valence-corrected chi connectivity index (χ3v) is 7.53. The zero-order chi connectivity index (χ0) is 29.7. The first-order chi connectivity index (χ1) is 19.7. The maximum Gasteiger partial charge on any atom is 0.323 e. The van der Waals surface area contributed by atoms with Gasteiger partial charge in [0.15, 0.2) is 17.3 Å². The molecule has 4 rings (SSSR count). The van der Waals surface area contributed by atoms with Crippen molar-refractivity contribution in [2.45, 2.75) is 17.1 Å². The van der Waals surface area contributed by atoms with Crippen LogP contribution in [0.1, 0.15) is 18.1 Å². The van der Waals surface area contributed by atoms with Gasteiger partial charge in [-0.15, -0.1) is 0 Å². The van der Waals surface area contributed by atoms with Crippen LogP contribution >= 0.6 is 0 Å². The number of aromatic hydroxyl groups is 1. The second-order valence-corrected chi connectivity index (χ2v) is 10.2. The second kappa shape index (κ2) is 12.7. The Balaban J connectivity index is 1.73. The summed E-state index contributed by atoms with van der Waals surface area (Å²) in [6.45, 7) is 2.46. The molecule has 1 aliphatic heterocycles. The molecule has 0 bridgehead atoms. The number of amidine groups is 1.